The van der Waals surface area contributed by atoms with Gasteiger partial charge in [-0.05, 0) is 18.6 Å². The zero-order chi connectivity index (χ0) is 12.1. The van der Waals surface area contributed by atoms with E-state index in [9.17, 15) is 0 Å². The van der Waals surface area contributed by atoms with E-state index in [1.165, 1.54) is 0 Å². The van der Waals surface area contributed by atoms with Crippen LogP contribution >= 0.6 is 11.3 Å². The van der Waals surface area contributed by atoms with E-state index in [4.69, 9.17) is 5.84 Å². The molecule has 0 aliphatic heterocycles. The third-order valence-electron chi connectivity index (χ3n) is 2.38. The number of nitrogens with one attached hydrogen (secondary N) is 2. The van der Waals surface area contributed by atoms with Crippen molar-refractivity contribution in [2.45, 2.75) is 19.4 Å². The highest BCUT2D eigenvalue weighted by molar-refractivity contribution is 7.09. The smallest absolute Gasteiger partial charge is 0.142 e. The molecule has 4 N–H and O–H groups in total. The molecule has 0 saturated heterocycles. The third-order valence-corrected chi connectivity index (χ3v) is 3.27. The molecule has 2 aromatic heterocycles. The number of pyridine rings is 1. The maximum atomic E-state index is 5.33. The van der Waals surface area contributed by atoms with E-state index in [-0.39, 0.29) is 6.04 Å². The maximum Gasteiger partial charge on any atom is 0.142 e. The van der Waals surface area contributed by atoms with Crippen molar-refractivity contribution in [1.82, 2.24) is 9.97 Å². The number of nitrogens with zero attached hydrogens (tertiary/aromatic N) is 2. The first-order chi connectivity index (χ1) is 8.33. The molecule has 90 valence electrons. The summed E-state index contributed by atoms with van der Waals surface area (Å²) in [5, 5.41) is 6.39. The number of hydrogen-bond acceptors (Lipinski definition) is 6. The first-order valence-electron chi connectivity index (χ1n) is 5.43. The van der Waals surface area contributed by atoms with Gasteiger partial charge in [-0.25, -0.2) is 15.8 Å². The van der Waals surface area contributed by atoms with E-state index in [1.807, 2.05) is 29.8 Å². The van der Waals surface area contributed by atoms with Gasteiger partial charge in [0.15, 0.2) is 0 Å². The van der Waals surface area contributed by atoms with Crippen LogP contribution in [0.2, 0.25) is 0 Å². The van der Waals surface area contributed by atoms with Crippen molar-refractivity contribution in [2.75, 3.05) is 10.7 Å². The zero-order valence-corrected chi connectivity index (χ0v) is 10.4. The second-order valence-electron chi connectivity index (χ2n) is 3.53. The van der Waals surface area contributed by atoms with Gasteiger partial charge in [0.2, 0.25) is 0 Å². The lowest BCUT2D eigenvalue weighted by Crippen LogP contribution is -2.13. The van der Waals surface area contributed by atoms with Crippen LogP contribution in [0.3, 0.4) is 0 Å². The van der Waals surface area contributed by atoms with Crippen LogP contribution < -0.4 is 16.6 Å². The monoisotopic (exact) mass is 249 g/mol. The summed E-state index contributed by atoms with van der Waals surface area (Å²) in [4.78, 5) is 8.63. The summed E-state index contributed by atoms with van der Waals surface area (Å²) in [6.45, 7) is 2.12. The Morgan fingerprint density at radius 2 is 2.24 bits per heavy atom. The van der Waals surface area contributed by atoms with Gasteiger partial charge >= 0.3 is 0 Å². The van der Waals surface area contributed by atoms with Gasteiger partial charge in [-0.2, -0.15) is 0 Å². The lowest BCUT2D eigenvalue weighted by atomic mass is 10.2. The standard InChI is InChI=1S/C11H15N5S/c1-2-8(11-13-6-7-17-11)14-9-4-3-5-10(15-9)16-12/h3-8H,2,12H2,1H3,(H2,14,15,16). The van der Waals surface area contributed by atoms with Crippen LogP contribution in [-0.4, -0.2) is 9.97 Å². The quantitative estimate of drug-likeness (QED) is 0.560. The molecule has 2 heterocycles. The topological polar surface area (TPSA) is 75.9 Å². The minimum Gasteiger partial charge on any atom is -0.361 e. The lowest BCUT2D eigenvalue weighted by Gasteiger charge is -2.15. The van der Waals surface area contributed by atoms with E-state index in [1.54, 1.807) is 11.3 Å². The minimum absolute atomic E-state index is 0.190. The molecule has 1 atom stereocenters. The van der Waals surface area contributed by atoms with Crippen LogP contribution in [0.15, 0.2) is 29.8 Å². The first kappa shape index (κ1) is 11.8. The van der Waals surface area contributed by atoms with Crippen molar-refractivity contribution in [2.24, 2.45) is 5.84 Å². The fraction of sp³-hybridized carbons (Fsp3) is 0.273. The Balaban J connectivity index is 2.13. The third kappa shape index (κ3) is 2.92. The number of nitrogen functional groups attached to an aromatic ring is 1. The Morgan fingerprint density at radius 3 is 2.88 bits per heavy atom. The second kappa shape index (κ2) is 5.60. The first-order valence-corrected chi connectivity index (χ1v) is 6.31. The van der Waals surface area contributed by atoms with E-state index in [2.05, 4.69) is 27.6 Å². The van der Waals surface area contributed by atoms with Gasteiger partial charge in [0.05, 0.1) is 6.04 Å². The molecule has 0 saturated carbocycles. The number of hydrogen-bond donors (Lipinski definition) is 3. The number of anilines is 2. The lowest BCUT2D eigenvalue weighted by molar-refractivity contribution is 0.738. The van der Waals surface area contributed by atoms with Gasteiger partial charge in [-0.15, -0.1) is 11.3 Å². The largest absolute Gasteiger partial charge is 0.361 e. The number of aromatic nitrogens is 2. The summed E-state index contributed by atoms with van der Waals surface area (Å²) in [6.07, 6.45) is 2.77. The molecule has 0 aliphatic rings. The molecule has 2 aromatic rings. The molecule has 5 nitrogen and oxygen atoms in total. The Kier molecular flexibility index (Phi) is 3.89. The molecular formula is C11H15N5S. The fourth-order valence-corrected chi connectivity index (χ4v) is 2.29. The molecular weight excluding hydrogens is 234 g/mol. The molecule has 2 rings (SSSR count). The summed E-state index contributed by atoms with van der Waals surface area (Å²) in [7, 11) is 0. The van der Waals surface area contributed by atoms with Crippen molar-refractivity contribution < 1.29 is 0 Å². The highest BCUT2D eigenvalue weighted by atomic mass is 32.1. The highest BCUT2D eigenvalue weighted by Gasteiger charge is 2.12. The molecule has 17 heavy (non-hydrogen) atoms. The van der Waals surface area contributed by atoms with E-state index in [0.29, 0.717) is 5.82 Å². The van der Waals surface area contributed by atoms with Gasteiger partial charge in [-0.1, -0.05) is 13.0 Å². The van der Waals surface area contributed by atoms with Gasteiger partial charge in [0.1, 0.15) is 16.6 Å². The van der Waals surface area contributed by atoms with Crippen LogP contribution in [0.25, 0.3) is 0 Å². The maximum absolute atomic E-state index is 5.33. The normalized spacial score (nSPS) is 12.1. The zero-order valence-electron chi connectivity index (χ0n) is 9.55. The van der Waals surface area contributed by atoms with Crippen molar-refractivity contribution in [3.63, 3.8) is 0 Å². The van der Waals surface area contributed by atoms with Gasteiger partial charge in [0, 0.05) is 11.6 Å². The molecule has 0 aromatic carbocycles. The summed E-state index contributed by atoms with van der Waals surface area (Å²) in [5.74, 6) is 6.76. The second-order valence-corrected chi connectivity index (χ2v) is 4.45. The number of thiazole rings is 1. The van der Waals surface area contributed by atoms with Crippen molar-refractivity contribution in [3.8, 4) is 0 Å². The van der Waals surface area contributed by atoms with Gasteiger partial charge < -0.3 is 10.7 Å². The minimum atomic E-state index is 0.190. The molecule has 1 unspecified atom stereocenters. The van der Waals surface area contributed by atoms with Crippen LogP contribution in [-0.2, 0) is 0 Å². The molecule has 0 fully saturated rings. The van der Waals surface area contributed by atoms with Crippen LogP contribution in [0.4, 0.5) is 11.6 Å². The average Bonchev–Trinajstić information content (AvgIpc) is 2.90. The van der Waals surface area contributed by atoms with Crippen molar-refractivity contribution in [1.29, 1.82) is 0 Å². The summed E-state index contributed by atoms with van der Waals surface area (Å²) >= 11 is 1.64. The molecule has 0 spiro atoms. The Labute approximate surface area is 104 Å². The van der Waals surface area contributed by atoms with Crippen molar-refractivity contribution in [3.05, 3.63) is 34.8 Å². The fourth-order valence-electron chi connectivity index (χ4n) is 1.52. The molecule has 0 amide bonds. The number of nitrogens with two attached hydrogens (primary N) is 1. The molecule has 0 aliphatic carbocycles. The predicted molar refractivity (Wildman–Crippen MR) is 70.8 cm³/mol. The van der Waals surface area contributed by atoms with E-state index < -0.39 is 0 Å². The number of rotatable bonds is 5. The summed E-state index contributed by atoms with van der Waals surface area (Å²) in [6, 6.07) is 5.82. The summed E-state index contributed by atoms with van der Waals surface area (Å²) < 4.78 is 0. The SMILES string of the molecule is CCC(Nc1cccc(NN)n1)c1nccs1. The van der Waals surface area contributed by atoms with E-state index in [0.717, 1.165) is 17.2 Å². The van der Waals surface area contributed by atoms with Crippen molar-refractivity contribution >= 4 is 23.0 Å². The highest BCUT2D eigenvalue weighted by Crippen LogP contribution is 2.23. The van der Waals surface area contributed by atoms with Crippen LogP contribution in [0.5, 0.6) is 0 Å². The molecule has 6 heteroatoms. The van der Waals surface area contributed by atoms with Crippen LogP contribution in [0.1, 0.15) is 24.4 Å². The molecule has 0 radical (unpaired) electrons. The number of hydrazine groups is 1. The predicted octanol–water partition coefficient (Wildman–Crippen LogP) is 2.39. The Morgan fingerprint density at radius 1 is 1.41 bits per heavy atom. The van der Waals surface area contributed by atoms with Gasteiger partial charge in [-0.3, -0.25) is 0 Å². The Hall–Kier alpha value is -1.66. The Bertz CT molecular complexity index is 457. The van der Waals surface area contributed by atoms with E-state index >= 15 is 0 Å². The average molecular weight is 249 g/mol. The van der Waals surface area contributed by atoms with Crippen LogP contribution in [0, 0.1) is 0 Å². The molecule has 0 bridgehead atoms. The summed E-state index contributed by atoms with van der Waals surface area (Å²) in [5.41, 5.74) is 2.53. The van der Waals surface area contributed by atoms with Gasteiger partial charge in [0.25, 0.3) is 0 Å².